The predicted molar refractivity (Wildman–Crippen MR) is 68.4 cm³/mol. The van der Waals surface area contributed by atoms with Crippen LogP contribution in [0.1, 0.15) is 11.5 Å². The van der Waals surface area contributed by atoms with Gasteiger partial charge in [0.1, 0.15) is 11.5 Å². The first-order valence-corrected chi connectivity index (χ1v) is 5.90. The average Bonchev–Trinajstić information content (AvgIpc) is 3.08. The van der Waals surface area contributed by atoms with Crippen molar-refractivity contribution in [2.75, 3.05) is 0 Å². The van der Waals surface area contributed by atoms with E-state index in [1.165, 1.54) is 17.4 Å². The molecule has 2 rings (SSSR count). The number of carbonyl (C=O) groups excluding carboxylic acids is 1. The van der Waals surface area contributed by atoms with E-state index in [9.17, 15) is 9.59 Å². The number of nitrogens with zero attached hydrogens (tertiary/aromatic N) is 1. The molecule has 1 amide bonds. The quantitative estimate of drug-likeness (QED) is 0.815. The largest absolute Gasteiger partial charge is 0.478 e. The molecule has 0 saturated carbocycles. The Morgan fingerprint density at radius 2 is 1.60 bits per heavy atom. The summed E-state index contributed by atoms with van der Waals surface area (Å²) in [6, 6.07) is 6.92. The Morgan fingerprint density at radius 1 is 1.05 bits per heavy atom. The molecule has 2 heterocycles. The number of amides is 1. The lowest BCUT2D eigenvalue weighted by molar-refractivity contribution is -0.132. The lowest BCUT2D eigenvalue weighted by Crippen LogP contribution is -2.28. The molecular formula is C14H13NO5. The molecule has 2 aromatic heterocycles. The summed E-state index contributed by atoms with van der Waals surface area (Å²) >= 11 is 0. The van der Waals surface area contributed by atoms with Gasteiger partial charge >= 0.3 is 5.97 Å². The highest BCUT2D eigenvalue weighted by atomic mass is 16.4. The number of carboxylic acids is 1. The van der Waals surface area contributed by atoms with Gasteiger partial charge in [-0.2, -0.15) is 0 Å². The van der Waals surface area contributed by atoms with E-state index in [-0.39, 0.29) is 13.1 Å². The highest BCUT2D eigenvalue weighted by molar-refractivity contribution is 5.93. The summed E-state index contributed by atoms with van der Waals surface area (Å²) < 4.78 is 10.4. The monoisotopic (exact) mass is 275 g/mol. The number of carboxylic acid groups (broad SMARTS) is 1. The molecule has 0 aliphatic carbocycles. The standard InChI is InChI=1S/C14H13NO5/c16-13(5-6-14(17)18)15(9-11-3-1-7-19-11)10-12-4-2-8-20-12/h1-8H,9-10H2,(H,17,18). The van der Waals surface area contributed by atoms with Crippen molar-refractivity contribution < 1.29 is 23.5 Å². The number of furan rings is 2. The molecule has 6 nitrogen and oxygen atoms in total. The maximum absolute atomic E-state index is 12.0. The lowest BCUT2D eigenvalue weighted by atomic mass is 10.3. The fourth-order valence-corrected chi connectivity index (χ4v) is 1.64. The summed E-state index contributed by atoms with van der Waals surface area (Å²) in [7, 11) is 0. The predicted octanol–water partition coefficient (Wildman–Crippen LogP) is 2.04. The van der Waals surface area contributed by atoms with E-state index < -0.39 is 11.9 Å². The normalized spacial score (nSPS) is 10.8. The van der Waals surface area contributed by atoms with Crippen molar-refractivity contribution >= 4 is 11.9 Å². The summed E-state index contributed by atoms with van der Waals surface area (Å²) in [6.45, 7) is 0.465. The Kier molecular flexibility index (Phi) is 4.39. The number of carbonyl (C=O) groups is 2. The van der Waals surface area contributed by atoms with Gasteiger partial charge in [-0.3, -0.25) is 4.79 Å². The maximum Gasteiger partial charge on any atom is 0.328 e. The molecule has 0 aliphatic rings. The summed E-state index contributed by atoms with van der Waals surface area (Å²) in [4.78, 5) is 23.9. The minimum absolute atomic E-state index is 0.233. The van der Waals surface area contributed by atoms with Crippen molar-refractivity contribution in [2.45, 2.75) is 13.1 Å². The highest BCUT2D eigenvalue weighted by Crippen LogP contribution is 2.11. The Balaban J connectivity index is 2.10. The van der Waals surface area contributed by atoms with Crippen molar-refractivity contribution in [3.05, 3.63) is 60.5 Å². The Morgan fingerprint density at radius 3 is 2.00 bits per heavy atom. The van der Waals surface area contributed by atoms with Gasteiger partial charge in [0.2, 0.25) is 5.91 Å². The van der Waals surface area contributed by atoms with E-state index >= 15 is 0 Å². The van der Waals surface area contributed by atoms with Gasteiger partial charge in [-0.1, -0.05) is 0 Å². The van der Waals surface area contributed by atoms with Crippen molar-refractivity contribution in [3.8, 4) is 0 Å². The van der Waals surface area contributed by atoms with E-state index in [0.29, 0.717) is 11.5 Å². The second-order valence-corrected chi connectivity index (χ2v) is 4.02. The summed E-state index contributed by atoms with van der Waals surface area (Å²) in [5, 5.41) is 8.56. The van der Waals surface area contributed by atoms with Gasteiger partial charge in [-0.05, 0) is 24.3 Å². The van der Waals surface area contributed by atoms with Gasteiger partial charge in [0.25, 0.3) is 0 Å². The van der Waals surface area contributed by atoms with Crippen LogP contribution >= 0.6 is 0 Å². The van der Waals surface area contributed by atoms with Crippen LogP contribution in [-0.2, 0) is 22.7 Å². The summed E-state index contributed by atoms with van der Waals surface area (Å²) in [6.07, 6.45) is 4.84. The van der Waals surface area contributed by atoms with Gasteiger partial charge in [-0.25, -0.2) is 4.79 Å². The van der Waals surface area contributed by atoms with Crippen molar-refractivity contribution in [3.63, 3.8) is 0 Å². The molecule has 0 atom stereocenters. The molecule has 0 unspecified atom stereocenters. The van der Waals surface area contributed by atoms with Gasteiger partial charge in [-0.15, -0.1) is 0 Å². The zero-order chi connectivity index (χ0) is 14.4. The van der Waals surface area contributed by atoms with Crippen LogP contribution in [0.4, 0.5) is 0 Å². The fourth-order valence-electron chi connectivity index (χ4n) is 1.64. The molecule has 0 bridgehead atoms. The van der Waals surface area contributed by atoms with Crippen molar-refractivity contribution in [2.24, 2.45) is 0 Å². The molecule has 6 heteroatoms. The summed E-state index contributed by atoms with van der Waals surface area (Å²) in [5.74, 6) is -0.392. The van der Waals surface area contributed by atoms with Crippen LogP contribution in [0.15, 0.2) is 57.8 Å². The van der Waals surface area contributed by atoms with Crippen molar-refractivity contribution in [1.29, 1.82) is 0 Å². The number of rotatable bonds is 6. The molecular weight excluding hydrogens is 262 g/mol. The first-order valence-electron chi connectivity index (χ1n) is 5.90. The molecule has 104 valence electrons. The Labute approximate surface area is 114 Å². The van der Waals surface area contributed by atoms with E-state index in [4.69, 9.17) is 13.9 Å². The number of hydrogen-bond donors (Lipinski definition) is 1. The first-order chi connectivity index (χ1) is 9.65. The Bertz CT molecular complexity index is 547. The molecule has 0 radical (unpaired) electrons. The second kappa shape index (κ2) is 6.42. The van der Waals surface area contributed by atoms with Crippen LogP contribution in [0.3, 0.4) is 0 Å². The molecule has 0 aliphatic heterocycles. The SMILES string of the molecule is O=C(O)C=CC(=O)N(Cc1ccco1)Cc1ccco1. The van der Waals surface area contributed by atoms with Crippen LogP contribution in [0, 0.1) is 0 Å². The van der Waals surface area contributed by atoms with Crippen LogP contribution in [0.2, 0.25) is 0 Å². The van der Waals surface area contributed by atoms with E-state index in [2.05, 4.69) is 0 Å². The van der Waals surface area contributed by atoms with Crippen molar-refractivity contribution in [1.82, 2.24) is 4.90 Å². The molecule has 0 saturated heterocycles. The molecule has 0 aromatic carbocycles. The molecule has 0 spiro atoms. The summed E-state index contributed by atoms with van der Waals surface area (Å²) in [5.41, 5.74) is 0. The third-order valence-corrected chi connectivity index (χ3v) is 2.53. The zero-order valence-electron chi connectivity index (χ0n) is 10.6. The van der Waals surface area contributed by atoms with Gasteiger partial charge in [0.05, 0.1) is 25.6 Å². The van der Waals surface area contributed by atoms with E-state index in [0.717, 1.165) is 12.2 Å². The Hall–Kier alpha value is -2.76. The molecule has 0 fully saturated rings. The molecule has 20 heavy (non-hydrogen) atoms. The van der Waals surface area contributed by atoms with Crippen LogP contribution in [-0.4, -0.2) is 21.9 Å². The highest BCUT2D eigenvalue weighted by Gasteiger charge is 2.15. The fraction of sp³-hybridized carbons (Fsp3) is 0.143. The van der Waals surface area contributed by atoms with Crippen LogP contribution in [0.5, 0.6) is 0 Å². The second-order valence-electron chi connectivity index (χ2n) is 4.02. The number of aliphatic carboxylic acids is 1. The third-order valence-electron chi connectivity index (χ3n) is 2.53. The minimum Gasteiger partial charge on any atom is -0.478 e. The lowest BCUT2D eigenvalue weighted by Gasteiger charge is -2.18. The first kappa shape index (κ1) is 13.7. The smallest absolute Gasteiger partial charge is 0.328 e. The van der Waals surface area contributed by atoms with E-state index in [1.54, 1.807) is 24.3 Å². The molecule has 2 aromatic rings. The van der Waals surface area contributed by atoms with Crippen LogP contribution in [0.25, 0.3) is 0 Å². The van der Waals surface area contributed by atoms with Gasteiger partial charge < -0.3 is 18.8 Å². The average molecular weight is 275 g/mol. The third kappa shape index (κ3) is 3.88. The number of hydrogen-bond acceptors (Lipinski definition) is 4. The van der Waals surface area contributed by atoms with Crippen LogP contribution < -0.4 is 0 Å². The zero-order valence-corrected chi connectivity index (χ0v) is 10.6. The van der Waals surface area contributed by atoms with Gasteiger partial charge in [0, 0.05) is 12.2 Å². The minimum atomic E-state index is -1.17. The van der Waals surface area contributed by atoms with E-state index in [1.807, 2.05) is 0 Å². The molecule has 1 N–H and O–H groups in total. The van der Waals surface area contributed by atoms with Gasteiger partial charge in [0.15, 0.2) is 0 Å². The topological polar surface area (TPSA) is 83.9 Å². The maximum atomic E-state index is 12.0.